The molecule has 1 aromatic rings. The number of nitrogens with one attached hydrogen (secondary N) is 1. The number of hydrazine groups is 1. The lowest BCUT2D eigenvalue weighted by molar-refractivity contribution is 0.209. The van der Waals surface area contributed by atoms with Crippen LogP contribution < -0.4 is 16.0 Å². The van der Waals surface area contributed by atoms with Crippen molar-refractivity contribution in [1.82, 2.24) is 15.2 Å². The van der Waals surface area contributed by atoms with Crippen LogP contribution in [0.3, 0.4) is 0 Å². The molecule has 0 amide bonds. The van der Waals surface area contributed by atoms with Crippen LogP contribution in [0.4, 0.5) is 0 Å². The van der Waals surface area contributed by atoms with Crippen molar-refractivity contribution < 1.29 is 4.74 Å². The predicted octanol–water partition coefficient (Wildman–Crippen LogP) is 2.00. The van der Waals surface area contributed by atoms with Crippen molar-refractivity contribution in [2.24, 2.45) is 11.3 Å². The standard InChI is InChI=1S/C13H24N4O/c1-4-17-11(10(18-3)9-15-17)12(16-14)13(2)7-5-6-8-13/h9,12,16H,4-8,14H2,1-3H3. The lowest BCUT2D eigenvalue weighted by Gasteiger charge is -2.34. The monoisotopic (exact) mass is 252 g/mol. The van der Waals surface area contributed by atoms with Crippen LogP contribution >= 0.6 is 0 Å². The van der Waals surface area contributed by atoms with Gasteiger partial charge >= 0.3 is 0 Å². The maximum absolute atomic E-state index is 5.83. The molecule has 1 heterocycles. The molecule has 102 valence electrons. The van der Waals surface area contributed by atoms with Gasteiger partial charge in [-0.1, -0.05) is 19.8 Å². The topological polar surface area (TPSA) is 65.1 Å². The van der Waals surface area contributed by atoms with Crippen molar-refractivity contribution in [3.63, 3.8) is 0 Å². The van der Waals surface area contributed by atoms with Crippen LogP contribution in [0.1, 0.15) is 51.3 Å². The molecule has 5 heteroatoms. The van der Waals surface area contributed by atoms with Crippen LogP contribution in [-0.4, -0.2) is 16.9 Å². The molecule has 3 N–H and O–H groups in total. The number of rotatable bonds is 5. The van der Waals surface area contributed by atoms with Gasteiger partial charge in [-0.2, -0.15) is 5.10 Å². The van der Waals surface area contributed by atoms with E-state index >= 15 is 0 Å². The highest BCUT2D eigenvalue weighted by Crippen LogP contribution is 2.48. The molecule has 1 fully saturated rings. The minimum absolute atomic E-state index is 0.0948. The van der Waals surface area contributed by atoms with E-state index in [2.05, 4.69) is 24.4 Å². The van der Waals surface area contributed by atoms with Crippen LogP contribution in [-0.2, 0) is 6.54 Å². The van der Waals surface area contributed by atoms with Crippen molar-refractivity contribution >= 4 is 0 Å². The number of hydrogen-bond donors (Lipinski definition) is 2. The SMILES string of the molecule is CCn1ncc(OC)c1C(NN)C1(C)CCCC1. The number of nitrogens with zero attached hydrogens (tertiary/aromatic N) is 2. The molecule has 5 nitrogen and oxygen atoms in total. The van der Waals surface area contributed by atoms with Crippen LogP contribution in [0.25, 0.3) is 0 Å². The Balaban J connectivity index is 2.40. The van der Waals surface area contributed by atoms with Crippen LogP contribution in [0.5, 0.6) is 5.75 Å². The van der Waals surface area contributed by atoms with Gasteiger partial charge < -0.3 is 4.74 Å². The fraction of sp³-hybridized carbons (Fsp3) is 0.769. The Labute approximate surface area is 109 Å². The largest absolute Gasteiger partial charge is 0.493 e. The van der Waals surface area contributed by atoms with Gasteiger partial charge in [-0.15, -0.1) is 0 Å². The highest BCUT2D eigenvalue weighted by molar-refractivity contribution is 5.30. The second-order valence-electron chi connectivity index (χ2n) is 5.37. The second kappa shape index (κ2) is 5.28. The molecule has 1 aromatic heterocycles. The Morgan fingerprint density at radius 3 is 2.72 bits per heavy atom. The van der Waals surface area contributed by atoms with E-state index in [1.807, 2.05) is 4.68 Å². The van der Waals surface area contributed by atoms with Crippen molar-refractivity contribution in [2.45, 2.75) is 52.1 Å². The molecule has 1 aliphatic carbocycles. The predicted molar refractivity (Wildman–Crippen MR) is 71.1 cm³/mol. The number of hydrogen-bond acceptors (Lipinski definition) is 4. The van der Waals surface area contributed by atoms with E-state index in [1.54, 1.807) is 13.3 Å². The first kappa shape index (κ1) is 13.4. The summed E-state index contributed by atoms with van der Waals surface area (Å²) >= 11 is 0. The lowest BCUT2D eigenvalue weighted by Crippen LogP contribution is -2.40. The van der Waals surface area contributed by atoms with E-state index in [0.717, 1.165) is 18.0 Å². The number of ether oxygens (including phenoxy) is 1. The fourth-order valence-corrected chi connectivity index (χ4v) is 3.16. The van der Waals surface area contributed by atoms with Crippen LogP contribution in [0.2, 0.25) is 0 Å². The average molecular weight is 252 g/mol. The normalized spacial score (nSPS) is 20.0. The summed E-state index contributed by atoms with van der Waals surface area (Å²) in [6.45, 7) is 5.21. The van der Waals surface area contributed by atoms with Gasteiger partial charge in [0, 0.05) is 6.54 Å². The zero-order valence-electron chi connectivity index (χ0n) is 11.6. The molecule has 1 atom stereocenters. The van der Waals surface area contributed by atoms with E-state index in [9.17, 15) is 0 Å². The van der Waals surface area contributed by atoms with Gasteiger partial charge in [0.25, 0.3) is 0 Å². The summed E-state index contributed by atoms with van der Waals surface area (Å²) in [5.41, 5.74) is 4.26. The number of aryl methyl sites for hydroxylation is 1. The highest BCUT2D eigenvalue weighted by Gasteiger charge is 2.40. The lowest BCUT2D eigenvalue weighted by atomic mass is 9.79. The summed E-state index contributed by atoms with van der Waals surface area (Å²) in [4.78, 5) is 0. The molecule has 1 aliphatic rings. The number of methoxy groups -OCH3 is 1. The van der Waals surface area contributed by atoms with Crippen LogP contribution in [0.15, 0.2) is 6.20 Å². The van der Waals surface area contributed by atoms with E-state index in [4.69, 9.17) is 10.6 Å². The average Bonchev–Trinajstić information content (AvgIpc) is 2.97. The van der Waals surface area contributed by atoms with Crippen molar-refractivity contribution in [3.05, 3.63) is 11.9 Å². The number of nitrogens with two attached hydrogens (primary N) is 1. The highest BCUT2D eigenvalue weighted by atomic mass is 16.5. The van der Waals surface area contributed by atoms with Crippen LogP contribution in [0, 0.1) is 5.41 Å². The second-order valence-corrected chi connectivity index (χ2v) is 5.37. The quantitative estimate of drug-likeness (QED) is 0.621. The molecular weight excluding hydrogens is 228 g/mol. The van der Waals surface area contributed by atoms with Gasteiger partial charge in [0.1, 0.15) is 0 Å². The van der Waals surface area contributed by atoms with Gasteiger partial charge in [0.15, 0.2) is 5.75 Å². The Bertz CT molecular complexity index is 374. The smallest absolute Gasteiger partial charge is 0.161 e. The fourth-order valence-electron chi connectivity index (χ4n) is 3.16. The Kier molecular flexibility index (Phi) is 3.92. The minimum atomic E-state index is 0.0948. The Hall–Kier alpha value is -1.07. The molecule has 0 aromatic carbocycles. The van der Waals surface area contributed by atoms with Crippen molar-refractivity contribution in [1.29, 1.82) is 0 Å². The van der Waals surface area contributed by atoms with Gasteiger partial charge in [-0.3, -0.25) is 16.0 Å². The first-order chi connectivity index (χ1) is 8.66. The summed E-state index contributed by atoms with van der Waals surface area (Å²) < 4.78 is 7.42. The molecular formula is C13H24N4O. The first-order valence-corrected chi connectivity index (χ1v) is 6.72. The molecule has 1 unspecified atom stereocenters. The zero-order valence-corrected chi connectivity index (χ0v) is 11.6. The Morgan fingerprint density at radius 1 is 1.56 bits per heavy atom. The van der Waals surface area contributed by atoms with Gasteiger partial charge in [0.2, 0.25) is 0 Å². The molecule has 2 rings (SSSR count). The molecule has 0 radical (unpaired) electrons. The summed E-state index contributed by atoms with van der Waals surface area (Å²) in [6.07, 6.45) is 6.72. The van der Waals surface area contributed by atoms with Gasteiger partial charge in [-0.05, 0) is 25.2 Å². The van der Waals surface area contributed by atoms with Gasteiger partial charge in [-0.25, -0.2) is 0 Å². The van der Waals surface area contributed by atoms with E-state index < -0.39 is 0 Å². The molecule has 18 heavy (non-hydrogen) atoms. The molecule has 0 bridgehead atoms. The Morgan fingerprint density at radius 2 is 2.22 bits per heavy atom. The maximum atomic E-state index is 5.83. The summed E-state index contributed by atoms with van der Waals surface area (Å²) in [5, 5.41) is 4.37. The van der Waals surface area contributed by atoms with Crippen molar-refractivity contribution in [3.8, 4) is 5.75 Å². The molecule has 1 saturated carbocycles. The summed E-state index contributed by atoms with van der Waals surface area (Å²) in [6, 6.07) is 0.0948. The van der Waals surface area contributed by atoms with Crippen molar-refractivity contribution in [2.75, 3.05) is 7.11 Å². The molecule has 0 aliphatic heterocycles. The van der Waals surface area contributed by atoms with Gasteiger partial charge in [0.05, 0.1) is 25.0 Å². The van der Waals surface area contributed by atoms with E-state index in [-0.39, 0.29) is 11.5 Å². The first-order valence-electron chi connectivity index (χ1n) is 6.72. The summed E-state index contributed by atoms with van der Waals surface area (Å²) in [5.74, 6) is 6.66. The van der Waals surface area contributed by atoms with E-state index in [1.165, 1.54) is 25.7 Å². The zero-order chi connectivity index (χ0) is 13.2. The molecule has 0 spiro atoms. The minimum Gasteiger partial charge on any atom is -0.493 e. The summed E-state index contributed by atoms with van der Waals surface area (Å²) in [7, 11) is 1.69. The molecule has 0 saturated heterocycles. The third-order valence-corrected chi connectivity index (χ3v) is 4.25. The third-order valence-electron chi connectivity index (χ3n) is 4.25. The third kappa shape index (κ3) is 2.12. The number of aromatic nitrogens is 2. The van der Waals surface area contributed by atoms with E-state index in [0.29, 0.717) is 0 Å². The maximum Gasteiger partial charge on any atom is 0.161 e.